The van der Waals surface area contributed by atoms with Crippen molar-refractivity contribution in [1.82, 2.24) is 10.2 Å². The standard InChI is InChI=1S/C23H24N2O3/c1-15-22(16-7-10-25(15)11-8-16)24-23(26)21-6-5-20(28-21)18-4-2-3-17(13-18)19-9-12-27-14-19/h2-6,9,12-16,22H,7-8,10-11H2,1H3,(H,24,26). The smallest absolute Gasteiger partial charge is 0.287 e. The molecular formula is C23H24N2O3. The third-order valence-electron chi connectivity index (χ3n) is 6.31. The fourth-order valence-electron chi connectivity index (χ4n) is 4.66. The lowest BCUT2D eigenvalue weighted by Gasteiger charge is -2.49. The van der Waals surface area contributed by atoms with Gasteiger partial charge in [-0.2, -0.15) is 0 Å². The van der Waals surface area contributed by atoms with E-state index >= 15 is 0 Å². The van der Waals surface area contributed by atoms with Gasteiger partial charge in [0.1, 0.15) is 5.76 Å². The van der Waals surface area contributed by atoms with E-state index in [-0.39, 0.29) is 11.9 Å². The predicted molar refractivity (Wildman–Crippen MR) is 107 cm³/mol. The van der Waals surface area contributed by atoms with Crippen LogP contribution in [0.2, 0.25) is 0 Å². The molecule has 3 aliphatic heterocycles. The highest BCUT2D eigenvalue weighted by molar-refractivity contribution is 5.92. The Balaban J connectivity index is 1.34. The molecule has 2 aromatic heterocycles. The molecule has 0 radical (unpaired) electrons. The lowest BCUT2D eigenvalue weighted by atomic mass is 9.79. The first-order valence-corrected chi connectivity index (χ1v) is 9.97. The van der Waals surface area contributed by atoms with Crippen LogP contribution in [0.5, 0.6) is 0 Å². The van der Waals surface area contributed by atoms with Gasteiger partial charge in [0.15, 0.2) is 5.76 Å². The molecule has 3 fully saturated rings. The number of benzene rings is 1. The van der Waals surface area contributed by atoms with E-state index in [1.165, 1.54) is 12.8 Å². The molecule has 3 aromatic rings. The number of nitrogens with one attached hydrogen (secondary N) is 1. The summed E-state index contributed by atoms with van der Waals surface area (Å²) in [7, 11) is 0. The Morgan fingerprint density at radius 3 is 2.64 bits per heavy atom. The van der Waals surface area contributed by atoms with Crippen LogP contribution in [0.15, 0.2) is 63.8 Å². The number of carbonyl (C=O) groups excluding carboxylic acids is 1. The van der Waals surface area contributed by atoms with Crippen molar-refractivity contribution >= 4 is 5.91 Å². The van der Waals surface area contributed by atoms with E-state index < -0.39 is 0 Å². The molecule has 144 valence electrons. The number of fused-ring (bicyclic) bond motifs is 3. The molecule has 5 heterocycles. The lowest BCUT2D eigenvalue weighted by Crippen LogP contribution is -2.62. The second kappa shape index (κ2) is 6.99. The predicted octanol–water partition coefficient (Wildman–Crippen LogP) is 4.42. The summed E-state index contributed by atoms with van der Waals surface area (Å²) in [6.45, 7) is 4.51. The van der Waals surface area contributed by atoms with Crippen LogP contribution in [0.4, 0.5) is 0 Å². The number of rotatable bonds is 4. The van der Waals surface area contributed by atoms with E-state index in [2.05, 4.69) is 17.1 Å². The molecule has 5 nitrogen and oxygen atoms in total. The molecule has 1 N–H and O–H groups in total. The van der Waals surface area contributed by atoms with E-state index in [1.807, 2.05) is 36.4 Å². The number of hydrogen-bond donors (Lipinski definition) is 1. The summed E-state index contributed by atoms with van der Waals surface area (Å²) in [5.41, 5.74) is 3.01. The van der Waals surface area contributed by atoms with Crippen molar-refractivity contribution in [3.8, 4) is 22.5 Å². The molecule has 1 amide bonds. The van der Waals surface area contributed by atoms with Crippen LogP contribution in [0, 0.1) is 5.92 Å². The van der Waals surface area contributed by atoms with Crippen LogP contribution in [0.3, 0.4) is 0 Å². The summed E-state index contributed by atoms with van der Waals surface area (Å²) in [5.74, 6) is 1.51. The van der Waals surface area contributed by atoms with Gasteiger partial charge in [0.05, 0.1) is 12.5 Å². The average molecular weight is 376 g/mol. The fraction of sp³-hybridized carbons (Fsp3) is 0.348. The van der Waals surface area contributed by atoms with Crippen molar-refractivity contribution in [2.24, 2.45) is 5.92 Å². The number of furan rings is 2. The third kappa shape index (κ3) is 3.06. The van der Waals surface area contributed by atoms with Gasteiger partial charge in [-0.1, -0.05) is 18.2 Å². The Kier molecular flexibility index (Phi) is 4.32. The van der Waals surface area contributed by atoms with Gasteiger partial charge in [0, 0.05) is 23.2 Å². The molecule has 2 unspecified atom stereocenters. The molecule has 5 heteroatoms. The Hall–Kier alpha value is -2.79. The zero-order valence-corrected chi connectivity index (χ0v) is 15.9. The number of carbonyl (C=O) groups is 1. The Bertz CT molecular complexity index is 965. The number of piperidine rings is 3. The molecule has 0 spiro atoms. The van der Waals surface area contributed by atoms with Crippen molar-refractivity contribution < 1.29 is 13.6 Å². The minimum absolute atomic E-state index is 0.122. The molecular weight excluding hydrogens is 352 g/mol. The second-order valence-corrected chi connectivity index (χ2v) is 7.87. The monoisotopic (exact) mass is 376 g/mol. The molecule has 2 atom stereocenters. The van der Waals surface area contributed by atoms with E-state index in [4.69, 9.17) is 8.83 Å². The molecule has 3 saturated heterocycles. The zero-order valence-electron chi connectivity index (χ0n) is 15.9. The number of amides is 1. The first-order chi connectivity index (χ1) is 13.7. The lowest BCUT2D eigenvalue weighted by molar-refractivity contribution is 0.0211. The first-order valence-electron chi connectivity index (χ1n) is 9.97. The largest absolute Gasteiger partial charge is 0.472 e. The fourth-order valence-corrected chi connectivity index (χ4v) is 4.66. The van der Waals surface area contributed by atoms with Crippen LogP contribution in [0.25, 0.3) is 22.5 Å². The Labute approximate surface area is 164 Å². The van der Waals surface area contributed by atoms with Crippen LogP contribution in [-0.4, -0.2) is 36.0 Å². The van der Waals surface area contributed by atoms with Crippen molar-refractivity contribution in [1.29, 1.82) is 0 Å². The van der Waals surface area contributed by atoms with E-state index in [1.54, 1.807) is 18.6 Å². The SMILES string of the molecule is CC1C(NC(=O)c2ccc(-c3cccc(-c4ccoc4)c3)o2)C2CCN1CC2. The van der Waals surface area contributed by atoms with Gasteiger partial charge >= 0.3 is 0 Å². The van der Waals surface area contributed by atoms with Gasteiger partial charge in [-0.25, -0.2) is 0 Å². The Morgan fingerprint density at radius 1 is 1.07 bits per heavy atom. The average Bonchev–Trinajstić information content (AvgIpc) is 3.43. The first kappa shape index (κ1) is 17.3. The van der Waals surface area contributed by atoms with Gasteiger partial charge in [0.25, 0.3) is 5.91 Å². The third-order valence-corrected chi connectivity index (χ3v) is 6.31. The van der Waals surface area contributed by atoms with Crippen LogP contribution in [0.1, 0.15) is 30.3 Å². The van der Waals surface area contributed by atoms with Crippen molar-refractivity contribution in [3.05, 3.63) is 60.8 Å². The second-order valence-electron chi connectivity index (χ2n) is 7.87. The highest BCUT2D eigenvalue weighted by atomic mass is 16.4. The summed E-state index contributed by atoms with van der Waals surface area (Å²) in [5, 5.41) is 3.23. The molecule has 1 aromatic carbocycles. The van der Waals surface area contributed by atoms with Gasteiger partial charge in [-0.15, -0.1) is 0 Å². The highest BCUT2D eigenvalue weighted by Crippen LogP contribution is 2.33. The topological polar surface area (TPSA) is 58.6 Å². The van der Waals surface area contributed by atoms with Crippen molar-refractivity contribution in [3.63, 3.8) is 0 Å². The van der Waals surface area contributed by atoms with E-state index in [9.17, 15) is 4.79 Å². The van der Waals surface area contributed by atoms with E-state index in [0.29, 0.717) is 23.5 Å². The summed E-state index contributed by atoms with van der Waals surface area (Å²) >= 11 is 0. The van der Waals surface area contributed by atoms with Crippen LogP contribution < -0.4 is 5.32 Å². The maximum Gasteiger partial charge on any atom is 0.287 e. The molecule has 28 heavy (non-hydrogen) atoms. The molecule has 0 saturated carbocycles. The normalized spacial score (nSPS) is 26.3. The maximum atomic E-state index is 12.8. The van der Waals surface area contributed by atoms with Crippen LogP contribution in [-0.2, 0) is 0 Å². The highest BCUT2D eigenvalue weighted by Gasteiger charge is 2.40. The van der Waals surface area contributed by atoms with Gasteiger partial charge < -0.3 is 14.2 Å². The summed E-state index contributed by atoms with van der Waals surface area (Å²) in [6, 6.07) is 14.2. The minimum Gasteiger partial charge on any atom is -0.472 e. The summed E-state index contributed by atoms with van der Waals surface area (Å²) in [4.78, 5) is 15.3. The van der Waals surface area contributed by atoms with Gasteiger partial charge in [-0.3, -0.25) is 9.69 Å². The Morgan fingerprint density at radius 2 is 1.89 bits per heavy atom. The number of hydrogen-bond acceptors (Lipinski definition) is 4. The van der Waals surface area contributed by atoms with Gasteiger partial charge in [-0.05, 0) is 68.6 Å². The number of nitrogens with zero attached hydrogens (tertiary/aromatic N) is 1. The minimum atomic E-state index is -0.122. The zero-order chi connectivity index (χ0) is 19.1. The molecule has 2 bridgehead atoms. The van der Waals surface area contributed by atoms with Crippen molar-refractivity contribution in [2.75, 3.05) is 13.1 Å². The maximum absolute atomic E-state index is 12.8. The van der Waals surface area contributed by atoms with Crippen LogP contribution >= 0.6 is 0 Å². The molecule has 3 aliphatic rings. The van der Waals surface area contributed by atoms with E-state index in [0.717, 1.165) is 29.8 Å². The van der Waals surface area contributed by atoms with Crippen molar-refractivity contribution in [2.45, 2.75) is 31.8 Å². The summed E-state index contributed by atoms with van der Waals surface area (Å²) < 4.78 is 11.1. The molecule has 0 aliphatic carbocycles. The van der Waals surface area contributed by atoms with Gasteiger partial charge in [0.2, 0.25) is 0 Å². The summed E-state index contributed by atoms with van der Waals surface area (Å²) in [6.07, 6.45) is 5.71. The quantitative estimate of drug-likeness (QED) is 0.732. The molecule has 6 rings (SSSR count).